The van der Waals surface area contributed by atoms with Crippen molar-refractivity contribution in [1.29, 1.82) is 0 Å². The van der Waals surface area contributed by atoms with Gasteiger partial charge in [0.2, 0.25) is 5.71 Å². The predicted molar refractivity (Wildman–Crippen MR) is 74.5 cm³/mol. The molecule has 3 aromatic heterocycles. The van der Waals surface area contributed by atoms with Crippen LogP contribution in [0.15, 0.2) is 63.9 Å². The van der Waals surface area contributed by atoms with Gasteiger partial charge in [0.05, 0.1) is 11.9 Å². The highest BCUT2D eigenvalue weighted by Crippen LogP contribution is 2.19. The van der Waals surface area contributed by atoms with Gasteiger partial charge in [-0.25, -0.2) is 9.78 Å². The molecular formula is C15H9N3O2. The van der Waals surface area contributed by atoms with E-state index in [0.29, 0.717) is 11.2 Å². The molecule has 0 aliphatic heterocycles. The summed E-state index contributed by atoms with van der Waals surface area (Å²) >= 11 is 0. The highest BCUT2D eigenvalue weighted by atomic mass is 16.4. The van der Waals surface area contributed by atoms with Crippen LogP contribution in [-0.4, -0.2) is 14.6 Å². The molecule has 5 heteroatoms. The van der Waals surface area contributed by atoms with E-state index in [1.165, 1.54) is 0 Å². The summed E-state index contributed by atoms with van der Waals surface area (Å²) in [4.78, 5) is 16.4. The highest BCUT2D eigenvalue weighted by Gasteiger charge is 2.10. The van der Waals surface area contributed by atoms with Crippen molar-refractivity contribution in [2.45, 2.75) is 0 Å². The standard InChI is InChI=1S/C15H9N3O2/c19-15-14-12(18-13(20-15)8-9-16-18)7-6-11(17-14)10-4-2-1-3-5-10/h1-9H. The molecule has 0 aliphatic rings. The Labute approximate surface area is 113 Å². The van der Waals surface area contributed by atoms with Gasteiger partial charge in [-0.15, -0.1) is 0 Å². The zero-order valence-corrected chi connectivity index (χ0v) is 10.4. The van der Waals surface area contributed by atoms with Crippen LogP contribution in [0.4, 0.5) is 0 Å². The molecule has 0 unspecified atom stereocenters. The Bertz CT molecular complexity index is 971. The minimum atomic E-state index is -0.453. The molecule has 96 valence electrons. The second-order valence-electron chi connectivity index (χ2n) is 4.40. The molecule has 0 N–H and O–H groups in total. The molecule has 0 spiro atoms. The fraction of sp³-hybridized carbons (Fsp3) is 0. The third kappa shape index (κ3) is 1.53. The van der Waals surface area contributed by atoms with Crippen molar-refractivity contribution in [3.63, 3.8) is 0 Å². The van der Waals surface area contributed by atoms with Crippen LogP contribution in [0.5, 0.6) is 0 Å². The lowest BCUT2D eigenvalue weighted by atomic mass is 10.1. The fourth-order valence-corrected chi connectivity index (χ4v) is 2.24. The first kappa shape index (κ1) is 10.9. The van der Waals surface area contributed by atoms with Crippen LogP contribution < -0.4 is 5.63 Å². The van der Waals surface area contributed by atoms with E-state index in [-0.39, 0.29) is 5.52 Å². The summed E-state index contributed by atoms with van der Waals surface area (Å²) < 4.78 is 6.76. The number of pyridine rings is 1. The first-order valence-corrected chi connectivity index (χ1v) is 6.16. The van der Waals surface area contributed by atoms with Crippen molar-refractivity contribution >= 4 is 16.7 Å². The average molecular weight is 263 g/mol. The number of hydrogen-bond donors (Lipinski definition) is 0. The third-order valence-corrected chi connectivity index (χ3v) is 3.17. The molecule has 0 saturated heterocycles. The zero-order valence-electron chi connectivity index (χ0n) is 10.4. The van der Waals surface area contributed by atoms with Gasteiger partial charge in [-0.1, -0.05) is 30.3 Å². The Kier molecular flexibility index (Phi) is 2.20. The molecule has 20 heavy (non-hydrogen) atoms. The molecule has 0 bridgehead atoms. The minimum Gasteiger partial charge on any atom is -0.403 e. The lowest BCUT2D eigenvalue weighted by Crippen LogP contribution is -2.06. The minimum absolute atomic E-state index is 0.280. The van der Waals surface area contributed by atoms with E-state index in [2.05, 4.69) is 10.1 Å². The Morgan fingerprint density at radius 1 is 1.00 bits per heavy atom. The molecule has 0 amide bonds. The van der Waals surface area contributed by atoms with Crippen LogP contribution in [-0.2, 0) is 0 Å². The monoisotopic (exact) mass is 263 g/mol. The van der Waals surface area contributed by atoms with Crippen LogP contribution in [0.25, 0.3) is 28.0 Å². The molecule has 4 aromatic rings. The first-order chi connectivity index (χ1) is 9.83. The average Bonchev–Trinajstić information content (AvgIpc) is 2.96. The van der Waals surface area contributed by atoms with Crippen molar-refractivity contribution in [2.75, 3.05) is 0 Å². The second kappa shape index (κ2) is 4.03. The fourth-order valence-electron chi connectivity index (χ4n) is 2.24. The van der Waals surface area contributed by atoms with E-state index in [0.717, 1.165) is 11.3 Å². The van der Waals surface area contributed by atoms with Crippen molar-refractivity contribution in [1.82, 2.24) is 14.6 Å². The maximum absolute atomic E-state index is 12.0. The molecule has 0 radical (unpaired) electrons. The van der Waals surface area contributed by atoms with Crippen molar-refractivity contribution in [2.24, 2.45) is 0 Å². The summed E-state index contributed by atoms with van der Waals surface area (Å²) in [5.74, 6) is 0. The van der Waals surface area contributed by atoms with Crippen molar-refractivity contribution in [3.8, 4) is 11.3 Å². The Morgan fingerprint density at radius 3 is 2.70 bits per heavy atom. The second-order valence-corrected chi connectivity index (χ2v) is 4.40. The van der Waals surface area contributed by atoms with Gasteiger partial charge in [0.15, 0.2) is 5.52 Å². The van der Waals surface area contributed by atoms with E-state index in [1.807, 2.05) is 42.5 Å². The van der Waals surface area contributed by atoms with Crippen molar-refractivity contribution in [3.05, 3.63) is 65.1 Å². The van der Waals surface area contributed by atoms with Crippen LogP contribution in [0.3, 0.4) is 0 Å². The maximum Gasteiger partial charge on any atom is 0.365 e. The topological polar surface area (TPSA) is 60.4 Å². The first-order valence-electron chi connectivity index (χ1n) is 6.16. The summed E-state index contributed by atoms with van der Waals surface area (Å²) in [6, 6.07) is 15.0. The Hall–Kier alpha value is -2.95. The summed E-state index contributed by atoms with van der Waals surface area (Å²) in [6.45, 7) is 0. The van der Waals surface area contributed by atoms with E-state index in [4.69, 9.17) is 4.42 Å². The van der Waals surface area contributed by atoms with Crippen LogP contribution in [0, 0.1) is 0 Å². The van der Waals surface area contributed by atoms with Crippen LogP contribution in [0.2, 0.25) is 0 Å². The quantitative estimate of drug-likeness (QED) is 0.529. The summed E-state index contributed by atoms with van der Waals surface area (Å²) in [7, 11) is 0. The number of aromatic nitrogens is 3. The van der Waals surface area contributed by atoms with Gasteiger partial charge in [-0.05, 0) is 12.1 Å². The molecule has 0 atom stereocenters. The maximum atomic E-state index is 12.0. The Morgan fingerprint density at radius 2 is 1.85 bits per heavy atom. The van der Waals surface area contributed by atoms with Gasteiger partial charge < -0.3 is 4.42 Å². The third-order valence-electron chi connectivity index (χ3n) is 3.17. The molecule has 3 heterocycles. The number of benzene rings is 1. The summed E-state index contributed by atoms with van der Waals surface area (Å²) in [5.41, 5.74) is 2.57. The molecule has 0 saturated carbocycles. The van der Waals surface area contributed by atoms with E-state index >= 15 is 0 Å². The van der Waals surface area contributed by atoms with E-state index in [1.54, 1.807) is 16.8 Å². The SMILES string of the molecule is O=c1oc2ccnn2c2ccc(-c3ccccc3)nc12. The van der Waals surface area contributed by atoms with E-state index in [9.17, 15) is 4.79 Å². The molecular weight excluding hydrogens is 254 g/mol. The van der Waals surface area contributed by atoms with Gasteiger partial charge in [0.25, 0.3) is 0 Å². The number of fused-ring (bicyclic) bond motifs is 3. The Balaban J connectivity index is 2.07. The van der Waals surface area contributed by atoms with Gasteiger partial charge in [-0.2, -0.15) is 9.61 Å². The largest absolute Gasteiger partial charge is 0.403 e. The molecule has 1 aromatic carbocycles. The normalized spacial score (nSPS) is 11.2. The number of hydrogen-bond acceptors (Lipinski definition) is 4. The van der Waals surface area contributed by atoms with Crippen molar-refractivity contribution < 1.29 is 4.42 Å². The molecule has 4 rings (SSSR count). The zero-order chi connectivity index (χ0) is 13.5. The summed E-state index contributed by atoms with van der Waals surface area (Å²) in [6.07, 6.45) is 1.59. The van der Waals surface area contributed by atoms with Crippen LogP contribution >= 0.6 is 0 Å². The van der Waals surface area contributed by atoms with E-state index < -0.39 is 5.63 Å². The lowest BCUT2D eigenvalue weighted by molar-refractivity contribution is 0.541. The number of rotatable bonds is 1. The summed E-state index contributed by atoms with van der Waals surface area (Å²) in [5, 5.41) is 4.13. The van der Waals surface area contributed by atoms with Gasteiger partial charge in [0, 0.05) is 11.6 Å². The van der Waals surface area contributed by atoms with Gasteiger partial charge in [0.1, 0.15) is 5.52 Å². The molecule has 0 aliphatic carbocycles. The van der Waals surface area contributed by atoms with Crippen LogP contribution in [0.1, 0.15) is 0 Å². The predicted octanol–water partition coefficient (Wildman–Crippen LogP) is 2.50. The van der Waals surface area contributed by atoms with Gasteiger partial charge in [-0.3, -0.25) is 0 Å². The smallest absolute Gasteiger partial charge is 0.365 e. The van der Waals surface area contributed by atoms with Gasteiger partial charge >= 0.3 is 5.63 Å². The molecule has 5 nitrogen and oxygen atoms in total. The number of nitrogens with zero attached hydrogens (tertiary/aromatic N) is 3. The molecule has 0 fully saturated rings. The highest BCUT2D eigenvalue weighted by molar-refractivity contribution is 5.78. The lowest BCUT2D eigenvalue weighted by Gasteiger charge is -2.03.